The first-order chi connectivity index (χ1) is 9.42. The molecule has 0 radical (unpaired) electrons. The van der Waals surface area contributed by atoms with Crippen LogP contribution in [0, 0.1) is 0 Å². The Balaban J connectivity index is 2.31. The highest BCUT2D eigenvalue weighted by atomic mass is 32.2. The van der Waals surface area contributed by atoms with E-state index in [9.17, 15) is 26.7 Å². The highest BCUT2D eigenvalue weighted by molar-refractivity contribution is 7.93. The number of hydrogen-bond donors (Lipinski definition) is 2. The number of rotatable bonds is 2. The molecular formula is C12H14F3NO4S. The molecule has 21 heavy (non-hydrogen) atoms. The Kier molecular flexibility index (Phi) is 3.61. The van der Waals surface area contributed by atoms with Crippen molar-refractivity contribution in [3.05, 3.63) is 23.8 Å². The van der Waals surface area contributed by atoms with E-state index in [0.717, 1.165) is 0 Å². The second kappa shape index (κ2) is 4.77. The highest BCUT2D eigenvalue weighted by Crippen LogP contribution is 2.36. The summed E-state index contributed by atoms with van der Waals surface area (Å²) in [6.07, 6.45) is -0.489. The van der Waals surface area contributed by atoms with Gasteiger partial charge in [0.2, 0.25) is 0 Å². The summed E-state index contributed by atoms with van der Waals surface area (Å²) >= 11 is 0. The molecule has 0 aliphatic carbocycles. The molecule has 1 aliphatic rings. The number of sulfonamides is 1. The van der Waals surface area contributed by atoms with Crippen LogP contribution >= 0.6 is 0 Å². The monoisotopic (exact) mass is 325 g/mol. The second-order valence-corrected chi connectivity index (χ2v) is 6.97. The normalized spacial score (nSPS) is 21.3. The van der Waals surface area contributed by atoms with Crippen LogP contribution in [0.15, 0.2) is 18.2 Å². The molecule has 5 nitrogen and oxygen atoms in total. The third-order valence-electron chi connectivity index (χ3n) is 3.21. The van der Waals surface area contributed by atoms with Crippen molar-refractivity contribution < 1.29 is 31.4 Å². The molecular weight excluding hydrogens is 311 g/mol. The summed E-state index contributed by atoms with van der Waals surface area (Å²) in [7, 11) is -5.47. The van der Waals surface area contributed by atoms with Crippen molar-refractivity contribution in [1.29, 1.82) is 0 Å². The maximum absolute atomic E-state index is 12.3. The first-order valence-corrected chi connectivity index (χ1v) is 7.50. The number of anilines is 1. The molecule has 1 aromatic rings. The van der Waals surface area contributed by atoms with Crippen LogP contribution in [0.25, 0.3) is 0 Å². The molecule has 0 fully saturated rings. The standard InChI is InChI=1S/C12H14F3NO4S/c1-11(2)10(17)5-7-3-4-8(6-9(7)20-11)16-21(18,19)12(13,14)15/h3-4,6,10,16-17H,5H2,1-2H3/t10-/m1/s1. The number of fused-ring (bicyclic) bond motifs is 1. The van der Waals surface area contributed by atoms with E-state index in [1.165, 1.54) is 22.9 Å². The van der Waals surface area contributed by atoms with Crippen LogP contribution in [0.3, 0.4) is 0 Å². The van der Waals surface area contributed by atoms with E-state index in [2.05, 4.69) is 0 Å². The Labute approximate surface area is 119 Å². The molecule has 0 bridgehead atoms. The van der Waals surface area contributed by atoms with Gasteiger partial charge in [-0.1, -0.05) is 6.07 Å². The van der Waals surface area contributed by atoms with E-state index in [-0.39, 0.29) is 17.9 Å². The molecule has 1 heterocycles. The van der Waals surface area contributed by atoms with E-state index in [1.54, 1.807) is 13.8 Å². The lowest BCUT2D eigenvalue weighted by Gasteiger charge is -2.37. The zero-order valence-corrected chi connectivity index (χ0v) is 12.0. The molecule has 118 valence electrons. The predicted octanol–water partition coefficient (Wildman–Crippen LogP) is 2.02. The average Bonchev–Trinajstić information content (AvgIpc) is 2.28. The SMILES string of the molecule is CC1(C)Oc2cc(NS(=O)(=O)C(F)(F)F)ccc2C[C@H]1O. The molecule has 0 saturated carbocycles. The van der Waals surface area contributed by atoms with Crippen LogP contribution in [0.4, 0.5) is 18.9 Å². The van der Waals surface area contributed by atoms with Crippen molar-refractivity contribution in [3.63, 3.8) is 0 Å². The van der Waals surface area contributed by atoms with Crippen LogP contribution in [0.1, 0.15) is 19.4 Å². The van der Waals surface area contributed by atoms with Crippen molar-refractivity contribution in [2.24, 2.45) is 0 Å². The van der Waals surface area contributed by atoms with Gasteiger partial charge in [0.15, 0.2) is 0 Å². The number of halogens is 3. The fraction of sp³-hybridized carbons (Fsp3) is 0.500. The van der Waals surface area contributed by atoms with Crippen molar-refractivity contribution in [3.8, 4) is 5.75 Å². The quantitative estimate of drug-likeness (QED) is 0.872. The van der Waals surface area contributed by atoms with Gasteiger partial charge in [0.05, 0.1) is 11.8 Å². The Bertz CT molecular complexity index is 655. The topological polar surface area (TPSA) is 75.6 Å². The van der Waals surface area contributed by atoms with Crippen LogP contribution < -0.4 is 9.46 Å². The Morgan fingerprint density at radius 1 is 1.38 bits per heavy atom. The maximum Gasteiger partial charge on any atom is 0.516 e. The number of aliphatic hydroxyl groups is 1. The fourth-order valence-electron chi connectivity index (χ4n) is 1.90. The minimum Gasteiger partial charge on any atom is -0.485 e. The number of aliphatic hydroxyl groups excluding tert-OH is 1. The minimum absolute atomic E-state index is 0.243. The van der Waals surface area contributed by atoms with Gasteiger partial charge in [-0.2, -0.15) is 21.6 Å². The van der Waals surface area contributed by atoms with Gasteiger partial charge in [0.1, 0.15) is 11.4 Å². The van der Waals surface area contributed by atoms with Gasteiger partial charge >= 0.3 is 15.5 Å². The second-order valence-electron chi connectivity index (χ2n) is 5.30. The number of alkyl halides is 3. The van der Waals surface area contributed by atoms with E-state index < -0.39 is 27.2 Å². The highest BCUT2D eigenvalue weighted by Gasteiger charge is 2.46. The molecule has 1 aliphatic heterocycles. The Morgan fingerprint density at radius 2 is 2.00 bits per heavy atom. The lowest BCUT2D eigenvalue weighted by Crippen LogP contribution is -2.46. The summed E-state index contributed by atoms with van der Waals surface area (Å²) in [6, 6.07) is 3.78. The van der Waals surface area contributed by atoms with E-state index in [4.69, 9.17) is 4.74 Å². The molecule has 0 spiro atoms. The van der Waals surface area contributed by atoms with Crippen LogP contribution in [0.2, 0.25) is 0 Å². The van der Waals surface area contributed by atoms with Gasteiger partial charge in [0, 0.05) is 12.5 Å². The molecule has 0 unspecified atom stereocenters. The predicted molar refractivity (Wildman–Crippen MR) is 69.5 cm³/mol. The Hall–Kier alpha value is -1.48. The van der Waals surface area contributed by atoms with Gasteiger partial charge in [0.25, 0.3) is 0 Å². The van der Waals surface area contributed by atoms with E-state index in [0.29, 0.717) is 5.56 Å². The van der Waals surface area contributed by atoms with Crippen molar-refractivity contribution in [2.75, 3.05) is 4.72 Å². The molecule has 9 heteroatoms. The largest absolute Gasteiger partial charge is 0.516 e. The third-order valence-corrected chi connectivity index (χ3v) is 4.33. The summed E-state index contributed by atoms with van der Waals surface area (Å²) in [5.74, 6) is 0.243. The van der Waals surface area contributed by atoms with Gasteiger partial charge in [-0.05, 0) is 25.5 Å². The van der Waals surface area contributed by atoms with Crippen molar-refractivity contribution in [2.45, 2.75) is 37.5 Å². The average molecular weight is 325 g/mol. The van der Waals surface area contributed by atoms with Gasteiger partial charge in [-0.3, -0.25) is 4.72 Å². The molecule has 1 atom stereocenters. The van der Waals surface area contributed by atoms with E-state index >= 15 is 0 Å². The van der Waals surface area contributed by atoms with E-state index in [1.807, 2.05) is 0 Å². The maximum atomic E-state index is 12.3. The lowest BCUT2D eigenvalue weighted by molar-refractivity contribution is -0.0430. The summed E-state index contributed by atoms with van der Waals surface area (Å²) in [5.41, 5.74) is -5.96. The zero-order valence-electron chi connectivity index (χ0n) is 11.2. The van der Waals surface area contributed by atoms with Crippen LogP contribution in [0.5, 0.6) is 5.75 Å². The first-order valence-electron chi connectivity index (χ1n) is 6.01. The summed E-state index contributed by atoms with van der Waals surface area (Å²) in [5, 5.41) is 9.86. The minimum atomic E-state index is -5.47. The van der Waals surface area contributed by atoms with Crippen molar-refractivity contribution >= 4 is 15.7 Å². The van der Waals surface area contributed by atoms with Gasteiger partial charge in [-0.15, -0.1) is 0 Å². The molecule has 0 aromatic heterocycles. The Morgan fingerprint density at radius 3 is 2.57 bits per heavy atom. The summed E-state index contributed by atoms with van der Waals surface area (Å²) < 4.78 is 66.0. The number of benzene rings is 1. The third kappa shape index (κ3) is 3.08. The van der Waals surface area contributed by atoms with Gasteiger partial charge in [-0.25, -0.2) is 0 Å². The fourth-order valence-corrected chi connectivity index (χ4v) is 2.45. The number of hydrogen-bond acceptors (Lipinski definition) is 4. The smallest absolute Gasteiger partial charge is 0.485 e. The molecule has 2 rings (SSSR count). The van der Waals surface area contributed by atoms with Crippen LogP contribution in [-0.4, -0.2) is 30.7 Å². The first kappa shape index (κ1) is 15.9. The zero-order chi connectivity index (χ0) is 16.1. The molecule has 0 saturated heterocycles. The lowest BCUT2D eigenvalue weighted by atomic mass is 9.91. The van der Waals surface area contributed by atoms with Crippen LogP contribution in [-0.2, 0) is 16.4 Å². The number of nitrogens with one attached hydrogen (secondary N) is 1. The molecule has 2 N–H and O–H groups in total. The van der Waals surface area contributed by atoms with Gasteiger partial charge < -0.3 is 9.84 Å². The molecule has 0 amide bonds. The van der Waals surface area contributed by atoms with Crippen molar-refractivity contribution in [1.82, 2.24) is 0 Å². The summed E-state index contributed by atoms with van der Waals surface area (Å²) in [4.78, 5) is 0. The number of ether oxygens (including phenoxy) is 1. The summed E-state index contributed by atoms with van der Waals surface area (Å²) in [6.45, 7) is 3.26. The molecule has 1 aromatic carbocycles.